The molecule has 2 aliphatic rings. The Kier molecular flexibility index (Phi) is 27.3. The third-order valence-electron chi connectivity index (χ3n) is 14.7. The van der Waals surface area contributed by atoms with E-state index >= 15 is 0 Å². The number of carboxylic acid groups (broad SMARTS) is 1. The van der Waals surface area contributed by atoms with Gasteiger partial charge in [0.2, 0.25) is 53.2 Å². The lowest BCUT2D eigenvalue weighted by atomic mass is 9.94. The molecule has 2 heterocycles. The number of hydrogen-bond acceptors (Lipinski definition) is 14. The molecular formula is C53H88N12O12. The zero-order chi connectivity index (χ0) is 57.5. The first-order valence-electron chi connectivity index (χ1n) is 27.4. The van der Waals surface area contributed by atoms with Gasteiger partial charge in [0.05, 0.1) is 6.04 Å². The fourth-order valence-corrected chi connectivity index (χ4v) is 9.47. The smallest absolute Gasteiger partial charge is 0.326 e. The van der Waals surface area contributed by atoms with Crippen LogP contribution in [0, 0.1) is 17.8 Å². The number of nitrogens with zero attached hydrogens (tertiary/aromatic N) is 2. The minimum absolute atomic E-state index is 0.00676. The molecule has 1 aromatic carbocycles. The predicted molar refractivity (Wildman–Crippen MR) is 286 cm³/mol. The molecule has 3 rings (SSSR count). The number of aromatic hydroxyl groups is 1. The topological polar surface area (TPSA) is 394 Å². The number of amides is 9. The number of phenols is 1. The van der Waals surface area contributed by atoms with Gasteiger partial charge in [-0.25, -0.2) is 4.79 Å². The third-order valence-corrected chi connectivity index (χ3v) is 14.7. The molecule has 0 radical (unpaired) electrons. The molecule has 24 nitrogen and oxygen atoms in total. The van der Waals surface area contributed by atoms with E-state index < -0.39 is 131 Å². The van der Waals surface area contributed by atoms with Gasteiger partial charge in [-0.1, -0.05) is 66.5 Å². The van der Waals surface area contributed by atoms with Crippen LogP contribution in [0.4, 0.5) is 0 Å². The molecule has 0 bridgehead atoms. The summed E-state index contributed by atoms with van der Waals surface area (Å²) in [6.07, 6.45) is 4.34. The van der Waals surface area contributed by atoms with E-state index in [1.165, 1.54) is 34.1 Å². The number of carbonyl (C=O) groups excluding carboxylic acids is 9. The Morgan fingerprint density at radius 1 is 0.597 bits per heavy atom. The summed E-state index contributed by atoms with van der Waals surface area (Å²) in [7, 11) is 0. The summed E-state index contributed by atoms with van der Waals surface area (Å²) in [5, 5.41) is 36.2. The van der Waals surface area contributed by atoms with Crippen LogP contribution in [0.25, 0.3) is 0 Å². The van der Waals surface area contributed by atoms with Gasteiger partial charge in [0, 0.05) is 25.9 Å². The summed E-state index contributed by atoms with van der Waals surface area (Å²) in [5.74, 6) is -8.36. The first-order valence-corrected chi connectivity index (χ1v) is 27.4. The van der Waals surface area contributed by atoms with Crippen LogP contribution in [-0.4, -0.2) is 160 Å². The van der Waals surface area contributed by atoms with Gasteiger partial charge in [-0.15, -0.1) is 0 Å². The van der Waals surface area contributed by atoms with Crippen molar-refractivity contribution in [3.05, 3.63) is 29.8 Å². The van der Waals surface area contributed by atoms with Gasteiger partial charge >= 0.3 is 5.97 Å². The number of primary amides is 1. The summed E-state index contributed by atoms with van der Waals surface area (Å²) in [6.45, 7) is 11.6. The van der Waals surface area contributed by atoms with E-state index in [0.29, 0.717) is 70.0 Å². The Hall–Kier alpha value is -6.40. The normalized spacial score (nSPS) is 18.8. The Labute approximate surface area is 452 Å². The fraction of sp³-hybridized carbons (Fsp3) is 0.698. The number of likely N-dealkylation sites (tertiary alicyclic amines) is 2. The lowest BCUT2D eigenvalue weighted by molar-refractivity contribution is -0.145. The Bertz CT molecular complexity index is 2160. The molecule has 2 fully saturated rings. The highest BCUT2D eigenvalue weighted by atomic mass is 16.4. The SMILES string of the molecule is CC[C@H](C)[C@H](NC(=O)[C@@H](NC(=O)[C@@H]1CCCN1C(=O)[C@@H](NC(=O)[C@@H]1CCCN1C(=O)[C@H](CCCCN)NC(=O)[C@H](CCCCN)NC(=O)[C@@H](N)CCC(N)=O)C(C)C)[C@@H](C)CC)C(=O)N[C@@H](Cc1ccc(O)cc1)C(=O)O. The van der Waals surface area contributed by atoms with Crippen molar-refractivity contribution in [1.82, 2.24) is 41.7 Å². The molecule has 0 aliphatic carbocycles. The predicted octanol–water partition coefficient (Wildman–Crippen LogP) is -0.491. The molecular weight excluding hydrogens is 997 g/mol. The number of nitrogens with one attached hydrogen (secondary N) is 6. The maximum Gasteiger partial charge on any atom is 0.326 e. The molecule has 0 saturated carbocycles. The molecule has 16 N–H and O–H groups in total. The molecule has 77 heavy (non-hydrogen) atoms. The number of carbonyl (C=O) groups is 10. The fourth-order valence-electron chi connectivity index (χ4n) is 9.47. The Morgan fingerprint density at radius 2 is 1.06 bits per heavy atom. The second kappa shape index (κ2) is 32.4. The zero-order valence-electron chi connectivity index (χ0n) is 45.9. The maximum atomic E-state index is 14.5. The second-order valence-electron chi connectivity index (χ2n) is 20.9. The summed E-state index contributed by atoms with van der Waals surface area (Å²) in [4.78, 5) is 139. The number of rotatable bonds is 33. The highest BCUT2D eigenvalue weighted by Gasteiger charge is 2.44. The largest absolute Gasteiger partial charge is 0.508 e. The van der Waals surface area contributed by atoms with Crippen molar-refractivity contribution in [2.24, 2.45) is 40.7 Å². The highest BCUT2D eigenvalue weighted by molar-refractivity contribution is 5.98. The van der Waals surface area contributed by atoms with Gasteiger partial charge in [-0.05, 0) is 119 Å². The molecule has 0 unspecified atom stereocenters. The number of carboxylic acids is 1. The molecule has 0 aromatic heterocycles. The summed E-state index contributed by atoms with van der Waals surface area (Å²) in [6, 6.07) is -4.33. The van der Waals surface area contributed by atoms with Gasteiger partial charge in [-0.3, -0.25) is 43.2 Å². The van der Waals surface area contributed by atoms with Crippen LogP contribution in [0.15, 0.2) is 24.3 Å². The molecule has 2 aliphatic heterocycles. The maximum absolute atomic E-state index is 14.5. The van der Waals surface area contributed by atoms with Crippen molar-refractivity contribution < 1.29 is 58.2 Å². The Morgan fingerprint density at radius 3 is 1.56 bits per heavy atom. The molecule has 11 atom stereocenters. The second-order valence-corrected chi connectivity index (χ2v) is 20.9. The lowest BCUT2D eigenvalue weighted by Crippen LogP contribution is -2.61. The van der Waals surface area contributed by atoms with Crippen molar-refractivity contribution >= 4 is 59.1 Å². The molecule has 24 heteroatoms. The quantitative estimate of drug-likeness (QED) is 0.0395. The first kappa shape index (κ1) is 64.9. The van der Waals surface area contributed by atoms with Crippen LogP contribution in [0.5, 0.6) is 5.75 Å². The van der Waals surface area contributed by atoms with E-state index in [9.17, 15) is 58.2 Å². The van der Waals surface area contributed by atoms with Gasteiger partial charge < -0.3 is 74.8 Å². The van der Waals surface area contributed by atoms with E-state index in [-0.39, 0.29) is 63.8 Å². The minimum atomic E-state index is -1.36. The van der Waals surface area contributed by atoms with Crippen LogP contribution >= 0.6 is 0 Å². The summed E-state index contributed by atoms with van der Waals surface area (Å²) in [5.41, 5.74) is 23.2. The van der Waals surface area contributed by atoms with Crippen molar-refractivity contribution in [3.63, 3.8) is 0 Å². The van der Waals surface area contributed by atoms with Crippen LogP contribution in [0.3, 0.4) is 0 Å². The molecule has 0 spiro atoms. The van der Waals surface area contributed by atoms with Gasteiger partial charge in [0.15, 0.2) is 0 Å². The third kappa shape index (κ3) is 19.8. The van der Waals surface area contributed by atoms with Crippen LogP contribution in [0.2, 0.25) is 0 Å². The van der Waals surface area contributed by atoms with Crippen molar-refractivity contribution in [3.8, 4) is 5.75 Å². The standard InChI is InChI=1S/C53H88N12O12/c1-7-31(5)43(49(72)60-38(53(76)77)29-33-19-21-34(66)22-20-33)63-50(73)44(32(6)8-2)62-48(71)40-18-14-28-65(40)52(75)42(30(3)4)61-47(70)39-17-13-27-64(39)51(74)37(16-10-12-26-55)59-46(69)36(15-9-11-25-54)58-45(68)35(56)23-24-41(57)67/h19-22,30-32,35-40,42-44,66H,7-18,23-29,54-56H2,1-6H3,(H2,57,67)(H,58,68)(H,59,69)(H,60,72)(H,61,70)(H,62,71)(H,63,73)(H,76,77)/t31-,32-,35-,36-,37-,38-,39-,40-,42-,43-,44-/m0/s1. The zero-order valence-corrected chi connectivity index (χ0v) is 45.9. The van der Waals surface area contributed by atoms with Crippen LogP contribution in [-0.2, 0) is 54.4 Å². The van der Waals surface area contributed by atoms with E-state index in [2.05, 4.69) is 31.9 Å². The molecule has 432 valence electrons. The lowest BCUT2D eigenvalue weighted by Gasteiger charge is -2.34. The highest BCUT2D eigenvalue weighted by Crippen LogP contribution is 2.25. The van der Waals surface area contributed by atoms with E-state index in [1.54, 1.807) is 27.7 Å². The van der Waals surface area contributed by atoms with Crippen LogP contribution in [0.1, 0.15) is 137 Å². The van der Waals surface area contributed by atoms with Crippen molar-refractivity contribution in [2.45, 2.75) is 192 Å². The van der Waals surface area contributed by atoms with Gasteiger partial charge in [0.25, 0.3) is 0 Å². The summed E-state index contributed by atoms with van der Waals surface area (Å²) >= 11 is 0. The molecule has 2 saturated heterocycles. The number of benzene rings is 1. The first-order chi connectivity index (χ1) is 36.5. The number of unbranched alkanes of at least 4 members (excludes halogenated alkanes) is 2. The average molecular weight is 1090 g/mol. The van der Waals surface area contributed by atoms with Crippen LogP contribution < -0.4 is 54.8 Å². The van der Waals surface area contributed by atoms with Crippen molar-refractivity contribution in [1.29, 1.82) is 0 Å². The van der Waals surface area contributed by atoms with Gasteiger partial charge in [0.1, 0.15) is 54.1 Å². The number of phenolic OH excluding ortho intramolecular Hbond substituents is 1. The number of hydrogen-bond donors (Lipinski definition) is 12. The van der Waals surface area contributed by atoms with E-state index in [0.717, 1.165) is 0 Å². The monoisotopic (exact) mass is 1080 g/mol. The minimum Gasteiger partial charge on any atom is -0.508 e. The Balaban J connectivity index is 1.79. The average Bonchev–Trinajstić information content (AvgIpc) is 4.11. The van der Waals surface area contributed by atoms with Gasteiger partial charge in [-0.2, -0.15) is 0 Å². The molecule has 1 aromatic rings. The number of nitrogens with two attached hydrogens (primary N) is 4. The van der Waals surface area contributed by atoms with E-state index in [1.807, 2.05) is 13.8 Å². The summed E-state index contributed by atoms with van der Waals surface area (Å²) < 4.78 is 0. The molecule has 9 amide bonds. The van der Waals surface area contributed by atoms with Crippen molar-refractivity contribution in [2.75, 3.05) is 26.2 Å². The van der Waals surface area contributed by atoms with E-state index in [4.69, 9.17) is 22.9 Å². The number of aliphatic carboxylic acids is 1.